The molecule has 3 rings (SSSR count). The predicted octanol–water partition coefficient (Wildman–Crippen LogP) is 4.88. The molecule has 0 aliphatic carbocycles. The number of carbonyl (C=O) groups excluding carboxylic acids is 1. The second kappa shape index (κ2) is 9.84. The lowest BCUT2D eigenvalue weighted by Crippen LogP contribution is -2.21. The Morgan fingerprint density at radius 1 is 1.03 bits per heavy atom. The number of rotatable bonds is 6. The van der Waals surface area contributed by atoms with Crippen LogP contribution in [0, 0.1) is 11.3 Å². The third kappa shape index (κ3) is 5.06. The Hall–Kier alpha value is -3.74. The summed E-state index contributed by atoms with van der Waals surface area (Å²) < 4.78 is 15.6. The van der Waals surface area contributed by atoms with Gasteiger partial charge in [0, 0.05) is 6.07 Å². The van der Waals surface area contributed by atoms with E-state index in [1.807, 2.05) is 0 Å². The van der Waals surface area contributed by atoms with Crippen molar-refractivity contribution in [1.82, 2.24) is 0 Å². The number of benzene rings is 2. The number of halogens is 1. The fourth-order valence-corrected chi connectivity index (χ4v) is 3.17. The Balaban J connectivity index is 1.80. The van der Waals surface area contributed by atoms with Gasteiger partial charge in [-0.1, -0.05) is 17.7 Å². The van der Waals surface area contributed by atoms with Crippen LogP contribution in [0.5, 0.6) is 11.5 Å². The van der Waals surface area contributed by atoms with E-state index in [1.165, 1.54) is 26.5 Å². The first kappa shape index (κ1) is 22.0. The first-order valence-electron chi connectivity index (χ1n) is 8.84. The molecule has 158 valence electrons. The van der Waals surface area contributed by atoms with Crippen LogP contribution in [-0.2, 0) is 0 Å². The van der Waals surface area contributed by atoms with Gasteiger partial charge in [-0.3, -0.25) is 4.79 Å². The Morgan fingerprint density at radius 2 is 1.71 bits per heavy atom. The summed E-state index contributed by atoms with van der Waals surface area (Å²) in [5.74, 6) is 0.569. The number of nitriles is 1. The van der Waals surface area contributed by atoms with Gasteiger partial charge in [0.1, 0.15) is 17.6 Å². The zero-order valence-electron chi connectivity index (χ0n) is 16.5. The number of anilines is 3. The van der Waals surface area contributed by atoms with Gasteiger partial charge in [-0.15, -0.1) is 0 Å². The molecule has 10 heteroatoms. The molecule has 8 nitrogen and oxygen atoms in total. The molecule has 0 aliphatic heterocycles. The van der Waals surface area contributed by atoms with Gasteiger partial charge < -0.3 is 29.8 Å². The van der Waals surface area contributed by atoms with Crippen molar-refractivity contribution in [3.8, 4) is 17.6 Å². The highest BCUT2D eigenvalue weighted by atomic mass is 35.5. The molecule has 31 heavy (non-hydrogen) atoms. The molecule has 0 aliphatic rings. The van der Waals surface area contributed by atoms with E-state index in [1.54, 1.807) is 36.4 Å². The van der Waals surface area contributed by atoms with Crippen LogP contribution in [0.1, 0.15) is 16.1 Å². The molecule has 0 spiro atoms. The number of ether oxygens (including phenoxy) is 2. The topological polar surface area (TPSA) is 109 Å². The Labute approximate surface area is 188 Å². The van der Waals surface area contributed by atoms with Crippen molar-refractivity contribution in [2.24, 2.45) is 0 Å². The molecule has 0 unspecified atom stereocenters. The van der Waals surface area contributed by atoms with Gasteiger partial charge in [0.15, 0.2) is 10.9 Å². The summed E-state index contributed by atoms with van der Waals surface area (Å²) in [6.07, 6.45) is 1.39. The zero-order valence-corrected chi connectivity index (χ0v) is 18.1. The maximum atomic E-state index is 12.3. The monoisotopic (exact) mass is 456 g/mol. The third-order valence-electron chi connectivity index (χ3n) is 4.14. The van der Waals surface area contributed by atoms with Crippen LogP contribution in [-0.4, -0.2) is 25.2 Å². The molecule has 3 N–H and O–H groups in total. The van der Waals surface area contributed by atoms with E-state index in [-0.39, 0.29) is 16.4 Å². The molecular formula is C21H17ClN4O4S. The van der Waals surface area contributed by atoms with Gasteiger partial charge in [0.25, 0.3) is 5.91 Å². The van der Waals surface area contributed by atoms with Crippen molar-refractivity contribution in [1.29, 1.82) is 5.26 Å². The van der Waals surface area contributed by atoms with E-state index in [0.717, 1.165) is 0 Å². The highest BCUT2D eigenvalue weighted by Gasteiger charge is 2.16. The summed E-state index contributed by atoms with van der Waals surface area (Å²) in [7, 11) is 3.00. The largest absolute Gasteiger partial charge is 0.495 e. The summed E-state index contributed by atoms with van der Waals surface area (Å²) in [5.41, 5.74) is 1.41. The lowest BCUT2D eigenvalue weighted by molar-refractivity contribution is 0.0996. The minimum absolute atomic E-state index is 0.128. The summed E-state index contributed by atoms with van der Waals surface area (Å²) in [5, 5.41) is 18.8. The Bertz CT molecular complexity index is 1160. The van der Waals surface area contributed by atoms with Crippen LogP contribution in [0.25, 0.3) is 0 Å². The molecule has 3 aromatic rings. The first-order chi connectivity index (χ1) is 15.0. The van der Waals surface area contributed by atoms with Crippen molar-refractivity contribution in [2.75, 3.05) is 30.2 Å². The van der Waals surface area contributed by atoms with E-state index in [9.17, 15) is 10.1 Å². The van der Waals surface area contributed by atoms with Gasteiger partial charge >= 0.3 is 0 Å². The van der Waals surface area contributed by atoms with Crippen LogP contribution >= 0.6 is 23.8 Å². The molecule has 1 aromatic heterocycles. The summed E-state index contributed by atoms with van der Waals surface area (Å²) >= 11 is 11.6. The number of amides is 1. The average Bonchev–Trinajstić information content (AvgIpc) is 3.29. The minimum Gasteiger partial charge on any atom is -0.495 e. The van der Waals surface area contributed by atoms with E-state index in [2.05, 4.69) is 22.0 Å². The molecule has 0 bridgehead atoms. The molecule has 0 saturated carbocycles. The van der Waals surface area contributed by atoms with Crippen molar-refractivity contribution in [3.63, 3.8) is 0 Å². The quantitative estimate of drug-likeness (QED) is 0.450. The molecule has 0 atom stereocenters. The molecular weight excluding hydrogens is 440 g/mol. The smallest absolute Gasteiger partial charge is 0.291 e. The number of furan rings is 1. The summed E-state index contributed by atoms with van der Waals surface area (Å²) in [6, 6.07) is 13.4. The molecule has 0 saturated heterocycles. The van der Waals surface area contributed by atoms with Gasteiger partial charge in [0.05, 0.1) is 48.1 Å². The molecule has 1 amide bonds. The molecule has 2 aromatic carbocycles. The normalized spacial score (nSPS) is 10.0. The van der Waals surface area contributed by atoms with Crippen LogP contribution in [0.3, 0.4) is 0 Å². The van der Waals surface area contributed by atoms with Gasteiger partial charge in [-0.05, 0) is 42.5 Å². The van der Waals surface area contributed by atoms with E-state index in [4.69, 9.17) is 37.7 Å². The minimum atomic E-state index is -0.475. The standard InChI is InChI=1S/C21H17ClN4O4S/c1-28-18-10-19(29-2)16(9-13(18)22)26-21(31)25-15-6-3-5-14(12(15)11-23)24-20(27)17-7-4-8-30-17/h3-10H,1-2H3,(H,24,27)(H2,25,26,31). The number of nitrogens with one attached hydrogen (secondary N) is 3. The van der Waals surface area contributed by atoms with Gasteiger partial charge in [-0.2, -0.15) is 5.26 Å². The number of thiocarbonyl (C=S) groups is 1. The van der Waals surface area contributed by atoms with Crippen molar-refractivity contribution in [3.05, 3.63) is 65.1 Å². The first-order valence-corrected chi connectivity index (χ1v) is 9.63. The van der Waals surface area contributed by atoms with E-state index < -0.39 is 5.91 Å². The highest BCUT2D eigenvalue weighted by molar-refractivity contribution is 7.80. The fourth-order valence-electron chi connectivity index (χ4n) is 2.71. The number of nitrogens with zero attached hydrogens (tertiary/aromatic N) is 1. The fraction of sp³-hybridized carbons (Fsp3) is 0.0952. The van der Waals surface area contributed by atoms with Crippen LogP contribution in [0.2, 0.25) is 5.02 Å². The zero-order chi connectivity index (χ0) is 22.4. The summed E-state index contributed by atoms with van der Waals surface area (Å²) in [4.78, 5) is 12.3. The number of methoxy groups -OCH3 is 2. The maximum absolute atomic E-state index is 12.3. The van der Waals surface area contributed by atoms with Crippen molar-refractivity contribution < 1.29 is 18.7 Å². The second-order valence-electron chi connectivity index (χ2n) is 6.04. The van der Waals surface area contributed by atoms with Crippen LogP contribution in [0.15, 0.2) is 53.1 Å². The summed E-state index contributed by atoms with van der Waals surface area (Å²) in [6.45, 7) is 0. The van der Waals surface area contributed by atoms with Crippen LogP contribution in [0.4, 0.5) is 17.1 Å². The average molecular weight is 457 g/mol. The van der Waals surface area contributed by atoms with Crippen LogP contribution < -0.4 is 25.4 Å². The second-order valence-corrected chi connectivity index (χ2v) is 6.85. The lowest BCUT2D eigenvalue weighted by Gasteiger charge is -2.16. The lowest BCUT2D eigenvalue weighted by atomic mass is 10.1. The Morgan fingerprint density at radius 3 is 2.32 bits per heavy atom. The van der Waals surface area contributed by atoms with Crippen molar-refractivity contribution in [2.45, 2.75) is 0 Å². The maximum Gasteiger partial charge on any atom is 0.291 e. The highest BCUT2D eigenvalue weighted by Crippen LogP contribution is 2.36. The number of carbonyl (C=O) groups is 1. The van der Waals surface area contributed by atoms with Gasteiger partial charge in [0.2, 0.25) is 0 Å². The SMILES string of the molecule is COc1cc(OC)c(NC(=S)Nc2cccc(NC(=O)c3ccco3)c2C#N)cc1Cl. The number of hydrogen-bond donors (Lipinski definition) is 3. The predicted molar refractivity (Wildman–Crippen MR) is 122 cm³/mol. The molecule has 1 heterocycles. The van der Waals surface area contributed by atoms with Gasteiger partial charge in [-0.25, -0.2) is 0 Å². The van der Waals surface area contributed by atoms with E-state index >= 15 is 0 Å². The molecule has 0 fully saturated rings. The van der Waals surface area contributed by atoms with Crippen molar-refractivity contribution >= 4 is 51.9 Å². The van der Waals surface area contributed by atoms with E-state index in [0.29, 0.717) is 33.6 Å². The number of hydrogen-bond acceptors (Lipinski definition) is 6. The third-order valence-corrected chi connectivity index (χ3v) is 4.64. The Kier molecular flexibility index (Phi) is 6.97. The molecule has 0 radical (unpaired) electrons.